The van der Waals surface area contributed by atoms with Crippen LogP contribution >= 0.6 is 0 Å². The summed E-state index contributed by atoms with van der Waals surface area (Å²) in [5.74, 6) is 0. The van der Waals surface area contributed by atoms with E-state index in [0.717, 1.165) is 19.8 Å². The maximum Gasteiger partial charge on any atom is 0.0593 e. The van der Waals surface area contributed by atoms with Gasteiger partial charge in [0.2, 0.25) is 0 Å². The van der Waals surface area contributed by atoms with Gasteiger partial charge in [-0.15, -0.1) is 0 Å². The fourth-order valence-corrected chi connectivity index (χ4v) is 3.08. The van der Waals surface area contributed by atoms with Crippen molar-refractivity contribution in [2.75, 3.05) is 45.9 Å². The molecule has 1 atom stereocenters. The summed E-state index contributed by atoms with van der Waals surface area (Å²) < 4.78 is 5.47. The molecule has 3 heteroatoms. The summed E-state index contributed by atoms with van der Waals surface area (Å²) in [6, 6.07) is 11.5. The molecule has 1 aromatic carbocycles. The maximum absolute atomic E-state index is 5.47. The van der Waals surface area contributed by atoms with E-state index in [9.17, 15) is 0 Å². The van der Waals surface area contributed by atoms with Crippen LogP contribution in [-0.4, -0.2) is 61.8 Å². The van der Waals surface area contributed by atoms with Gasteiger partial charge in [-0.1, -0.05) is 30.3 Å². The minimum atomic E-state index is 0.649. The highest BCUT2D eigenvalue weighted by atomic mass is 16.5. The highest BCUT2D eigenvalue weighted by Gasteiger charge is 2.22. The topological polar surface area (TPSA) is 15.7 Å². The van der Waals surface area contributed by atoms with Crippen LogP contribution in [0.2, 0.25) is 0 Å². The number of nitrogens with zero attached hydrogens (tertiary/aromatic N) is 2. The molecule has 2 rings (SSSR count). The number of ether oxygens (including phenoxy) is 1. The fraction of sp³-hybridized carbons (Fsp3) is 0.667. The average molecular weight is 290 g/mol. The molecule has 1 fully saturated rings. The van der Waals surface area contributed by atoms with Crippen LogP contribution in [0.1, 0.15) is 25.8 Å². The number of hydrogen-bond donors (Lipinski definition) is 0. The molecule has 0 N–H and O–H groups in total. The summed E-state index contributed by atoms with van der Waals surface area (Å²) in [5, 5.41) is 0. The van der Waals surface area contributed by atoms with Gasteiger partial charge in [0.1, 0.15) is 0 Å². The van der Waals surface area contributed by atoms with Gasteiger partial charge in [-0.25, -0.2) is 0 Å². The first-order valence-electron chi connectivity index (χ1n) is 8.37. The minimum Gasteiger partial charge on any atom is -0.380 e. The Morgan fingerprint density at radius 3 is 2.67 bits per heavy atom. The van der Waals surface area contributed by atoms with Crippen LogP contribution in [0, 0.1) is 0 Å². The van der Waals surface area contributed by atoms with Crippen molar-refractivity contribution in [2.24, 2.45) is 0 Å². The molecule has 1 heterocycles. The van der Waals surface area contributed by atoms with E-state index in [4.69, 9.17) is 4.74 Å². The van der Waals surface area contributed by atoms with E-state index in [1.165, 1.54) is 44.6 Å². The molecular formula is C18H30N2O. The molecule has 1 aliphatic heterocycles. The van der Waals surface area contributed by atoms with E-state index in [-0.39, 0.29) is 0 Å². The lowest BCUT2D eigenvalue weighted by atomic mass is 10.1. The van der Waals surface area contributed by atoms with Crippen molar-refractivity contribution in [1.29, 1.82) is 0 Å². The molecule has 0 aliphatic carbocycles. The Morgan fingerprint density at radius 2 is 1.95 bits per heavy atom. The van der Waals surface area contributed by atoms with Crippen molar-refractivity contribution < 1.29 is 4.74 Å². The Morgan fingerprint density at radius 1 is 1.14 bits per heavy atom. The Labute approximate surface area is 129 Å². The molecular weight excluding hydrogens is 260 g/mol. The third-order valence-electron chi connectivity index (χ3n) is 4.36. The highest BCUT2D eigenvalue weighted by molar-refractivity contribution is 5.14. The van der Waals surface area contributed by atoms with Crippen molar-refractivity contribution in [2.45, 2.75) is 32.7 Å². The maximum atomic E-state index is 5.47. The second-order valence-electron chi connectivity index (χ2n) is 5.97. The number of piperazine rings is 1. The molecule has 0 saturated carbocycles. The summed E-state index contributed by atoms with van der Waals surface area (Å²) in [7, 11) is 0. The van der Waals surface area contributed by atoms with Crippen molar-refractivity contribution >= 4 is 0 Å². The summed E-state index contributed by atoms with van der Waals surface area (Å²) in [5.41, 5.74) is 1.46. The first-order valence-corrected chi connectivity index (χ1v) is 8.37. The molecule has 1 saturated heterocycles. The van der Waals surface area contributed by atoms with E-state index >= 15 is 0 Å². The number of benzene rings is 1. The molecule has 118 valence electrons. The first-order chi connectivity index (χ1) is 10.3. The van der Waals surface area contributed by atoms with Gasteiger partial charge in [0.25, 0.3) is 0 Å². The van der Waals surface area contributed by atoms with E-state index in [1.54, 1.807) is 0 Å². The van der Waals surface area contributed by atoms with E-state index in [2.05, 4.69) is 54.0 Å². The lowest BCUT2D eigenvalue weighted by molar-refractivity contribution is 0.0491. The van der Waals surface area contributed by atoms with Crippen LogP contribution in [0.25, 0.3) is 0 Å². The molecule has 0 aromatic heterocycles. The van der Waals surface area contributed by atoms with Gasteiger partial charge in [-0.05, 0) is 38.8 Å². The van der Waals surface area contributed by atoms with Crippen LogP contribution in [0.4, 0.5) is 0 Å². The second kappa shape index (κ2) is 9.19. The first kappa shape index (κ1) is 16.5. The average Bonchev–Trinajstić information content (AvgIpc) is 2.51. The molecule has 3 nitrogen and oxygen atoms in total. The lowest BCUT2D eigenvalue weighted by Crippen LogP contribution is -2.52. The van der Waals surface area contributed by atoms with Gasteiger partial charge >= 0.3 is 0 Å². The van der Waals surface area contributed by atoms with E-state index in [0.29, 0.717) is 6.04 Å². The van der Waals surface area contributed by atoms with Gasteiger partial charge in [0.05, 0.1) is 6.61 Å². The van der Waals surface area contributed by atoms with E-state index in [1.807, 2.05) is 0 Å². The lowest BCUT2D eigenvalue weighted by Gasteiger charge is -2.39. The van der Waals surface area contributed by atoms with Crippen molar-refractivity contribution in [1.82, 2.24) is 9.80 Å². The Hall–Kier alpha value is -0.900. The van der Waals surface area contributed by atoms with Gasteiger partial charge in [-0.2, -0.15) is 0 Å². The quantitative estimate of drug-likeness (QED) is 0.685. The number of rotatable bonds is 8. The number of aryl methyl sites for hydroxylation is 1. The van der Waals surface area contributed by atoms with Crippen LogP contribution < -0.4 is 0 Å². The van der Waals surface area contributed by atoms with Crippen molar-refractivity contribution in [3.05, 3.63) is 35.9 Å². The molecule has 21 heavy (non-hydrogen) atoms. The summed E-state index contributed by atoms with van der Waals surface area (Å²) in [6.07, 6.45) is 2.45. The Bertz CT molecular complexity index is 382. The van der Waals surface area contributed by atoms with Crippen molar-refractivity contribution in [3.8, 4) is 0 Å². The smallest absolute Gasteiger partial charge is 0.0593 e. The predicted octanol–water partition coefficient (Wildman–Crippen LogP) is 2.66. The summed E-state index contributed by atoms with van der Waals surface area (Å²) in [6.45, 7) is 12.0. The molecule has 0 unspecified atom stereocenters. The zero-order valence-electron chi connectivity index (χ0n) is 13.6. The van der Waals surface area contributed by atoms with Gasteiger partial charge < -0.3 is 9.64 Å². The number of hydrogen-bond acceptors (Lipinski definition) is 3. The van der Waals surface area contributed by atoms with Crippen LogP contribution in [0.3, 0.4) is 0 Å². The van der Waals surface area contributed by atoms with Crippen LogP contribution in [0.15, 0.2) is 30.3 Å². The Kier molecular flexibility index (Phi) is 7.20. The molecule has 0 amide bonds. The predicted molar refractivity (Wildman–Crippen MR) is 88.7 cm³/mol. The van der Waals surface area contributed by atoms with Crippen molar-refractivity contribution in [3.63, 3.8) is 0 Å². The van der Waals surface area contributed by atoms with Gasteiger partial charge in [-0.3, -0.25) is 4.90 Å². The fourth-order valence-electron chi connectivity index (χ4n) is 3.08. The molecule has 0 radical (unpaired) electrons. The molecule has 0 bridgehead atoms. The SMILES string of the molecule is CCOCCN1CCN(CCCc2ccccc2)C[C@H]1C. The molecule has 0 spiro atoms. The zero-order chi connectivity index (χ0) is 14.9. The third-order valence-corrected chi connectivity index (χ3v) is 4.36. The normalized spacial score (nSPS) is 20.8. The Balaban J connectivity index is 1.63. The molecule has 1 aliphatic rings. The second-order valence-corrected chi connectivity index (χ2v) is 5.97. The summed E-state index contributed by atoms with van der Waals surface area (Å²) in [4.78, 5) is 5.17. The van der Waals surface area contributed by atoms with Gasteiger partial charge in [0, 0.05) is 38.8 Å². The third kappa shape index (κ3) is 5.77. The monoisotopic (exact) mass is 290 g/mol. The zero-order valence-corrected chi connectivity index (χ0v) is 13.6. The minimum absolute atomic E-state index is 0.649. The van der Waals surface area contributed by atoms with Gasteiger partial charge in [0.15, 0.2) is 0 Å². The van der Waals surface area contributed by atoms with E-state index < -0.39 is 0 Å². The largest absolute Gasteiger partial charge is 0.380 e. The standard InChI is InChI=1S/C18H30N2O/c1-3-21-15-14-20-13-12-19(16-17(20)2)11-7-10-18-8-5-4-6-9-18/h4-6,8-9,17H,3,7,10-16H2,1-2H3/t17-/m1/s1. The molecule has 1 aromatic rings. The van der Waals surface area contributed by atoms with Crippen LogP contribution in [-0.2, 0) is 11.2 Å². The highest BCUT2D eigenvalue weighted by Crippen LogP contribution is 2.11. The van der Waals surface area contributed by atoms with Crippen LogP contribution in [0.5, 0.6) is 0 Å². The summed E-state index contributed by atoms with van der Waals surface area (Å²) >= 11 is 0.